The molecule has 0 unspecified atom stereocenters. The summed E-state index contributed by atoms with van der Waals surface area (Å²) in [6, 6.07) is 9.51. The van der Waals surface area contributed by atoms with Crippen molar-refractivity contribution in [1.82, 2.24) is 20.4 Å². The summed E-state index contributed by atoms with van der Waals surface area (Å²) in [4.78, 5) is 16.5. The van der Waals surface area contributed by atoms with E-state index in [9.17, 15) is 0 Å². The van der Waals surface area contributed by atoms with Crippen molar-refractivity contribution in [2.45, 2.75) is 7.59 Å². The van der Waals surface area contributed by atoms with Crippen LogP contribution in [-0.4, -0.2) is 15.0 Å². The first-order valence-corrected chi connectivity index (χ1v) is 9.79. The van der Waals surface area contributed by atoms with Crippen LogP contribution >= 0.6 is 69.6 Å². The van der Waals surface area contributed by atoms with Crippen LogP contribution in [0.5, 0.6) is 0 Å². The highest BCUT2D eigenvalue weighted by Gasteiger charge is 2.33. The number of hydroxylamine groups is 1. The van der Waals surface area contributed by atoms with Crippen LogP contribution in [0.25, 0.3) is 12.2 Å². The van der Waals surface area contributed by atoms with Gasteiger partial charge >= 0.3 is 0 Å². The van der Waals surface area contributed by atoms with Crippen molar-refractivity contribution in [2.24, 2.45) is 0 Å². The van der Waals surface area contributed by atoms with Crippen molar-refractivity contribution in [2.75, 3.05) is 0 Å². The fourth-order valence-electron chi connectivity index (χ4n) is 1.71. The van der Waals surface area contributed by atoms with Crippen molar-refractivity contribution in [3.63, 3.8) is 0 Å². The van der Waals surface area contributed by atoms with Crippen LogP contribution in [0.1, 0.15) is 23.0 Å². The molecule has 1 aromatic heterocycles. The van der Waals surface area contributed by atoms with Gasteiger partial charge in [0.2, 0.25) is 7.59 Å². The Morgan fingerprint density at radius 3 is 1.79 bits per heavy atom. The molecule has 0 saturated carbocycles. The number of hydrogen-bond acceptors (Lipinski definition) is 5. The van der Waals surface area contributed by atoms with Gasteiger partial charge in [-0.25, -0.2) is 20.4 Å². The fourth-order valence-corrected chi connectivity index (χ4v) is 2.22. The molecule has 0 atom stereocenters. The summed E-state index contributed by atoms with van der Waals surface area (Å²) in [5.41, 5.74) is 3.46. The Labute approximate surface area is 191 Å². The lowest BCUT2D eigenvalue weighted by atomic mass is 10.2. The number of hydrogen-bond donors (Lipinski definition) is 1. The summed E-state index contributed by atoms with van der Waals surface area (Å²) in [5, 5.41) is 0. The summed E-state index contributed by atoms with van der Waals surface area (Å²) in [7, 11) is 0. The molecule has 0 fully saturated rings. The standard InChI is InChI=1S/C13H7Cl6N3.C4H5NO/c14-12(15,16)10-20-9(21-11(22-10)13(17,18)19)7-6-8-4-2-1-3-5-8;1-2-4-6-5-3-1/h1-7H;1-5H. The van der Waals surface area contributed by atoms with Gasteiger partial charge in [-0.2, -0.15) is 0 Å². The minimum atomic E-state index is -1.86. The zero-order chi connectivity index (χ0) is 20.6. The molecule has 148 valence electrons. The number of allylic oxidation sites excluding steroid dienone is 2. The predicted octanol–water partition coefficient (Wildman–Crippen LogP) is 6.24. The number of rotatable bonds is 2. The quantitative estimate of drug-likeness (QED) is 0.494. The third-order valence-corrected chi connectivity index (χ3v) is 3.89. The fraction of sp³-hybridized carbons (Fsp3) is 0.118. The molecule has 0 amide bonds. The lowest BCUT2D eigenvalue weighted by Crippen LogP contribution is -2.16. The topological polar surface area (TPSA) is 59.9 Å². The van der Waals surface area contributed by atoms with Crippen molar-refractivity contribution in [3.8, 4) is 0 Å². The van der Waals surface area contributed by atoms with Crippen LogP contribution in [0, 0.1) is 0 Å². The average molecular weight is 501 g/mol. The highest BCUT2D eigenvalue weighted by atomic mass is 35.6. The summed E-state index contributed by atoms with van der Waals surface area (Å²) in [5.74, 6) is -0.0374. The zero-order valence-electron chi connectivity index (χ0n) is 13.9. The monoisotopic (exact) mass is 498 g/mol. The molecular formula is C17H12Cl6N4O. The summed E-state index contributed by atoms with van der Waals surface area (Å²) < 4.78 is -3.72. The van der Waals surface area contributed by atoms with Gasteiger partial charge in [0.15, 0.2) is 17.5 Å². The maximum atomic E-state index is 5.79. The Morgan fingerprint density at radius 1 is 0.786 bits per heavy atom. The number of halogens is 6. The van der Waals surface area contributed by atoms with Crippen molar-refractivity contribution < 1.29 is 4.84 Å². The zero-order valence-corrected chi connectivity index (χ0v) is 18.4. The van der Waals surface area contributed by atoms with Gasteiger partial charge in [0.25, 0.3) is 0 Å². The number of nitrogens with one attached hydrogen (secondary N) is 1. The molecule has 3 rings (SSSR count). The van der Waals surface area contributed by atoms with Crippen LogP contribution in [0.2, 0.25) is 0 Å². The van der Waals surface area contributed by atoms with E-state index in [2.05, 4.69) is 25.3 Å². The molecule has 28 heavy (non-hydrogen) atoms. The Balaban J connectivity index is 0.000000397. The smallest absolute Gasteiger partial charge is 0.250 e. The molecule has 11 heteroatoms. The molecule has 1 aliphatic heterocycles. The van der Waals surface area contributed by atoms with Crippen molar-refractivity contribution in [1.29, 1.82) is 0 Å². The largest absolute Gasteiger partial charge is 0.391 e. The van der Waals surface area contributed by atoms with E-state index in [-0.39, 0.29) is 17.5 Å². The minimum Gasteiger partial charge on any atom is -0.391 e. The second-order valence-electron chi connectivity index (χ2n) is 5.00. The Kier molecular flexibility index (Phi) is 8.68. The molecule has 0 radical (unpaired) electrons. The first-order valence-electron chi connectivity index (χ1n) is 7.53. The third-order valence-electron chi connectivity index (χ3n) is 2.87. The number of nitrogens with zero attached hydrogens (tertiary/aromatic N) is 3. The second-order valence-corrected chi connectivity index (χ2v) is 9.57. The Morgan fingerprint density at radius 2 is 1.39 bits per heavy atom. The van der Waals surface area contributed by atoms with Gasteiger partial charge in [-0.05, 0) is 23.8 Å². The molecule has 0 bridgehead atoms. The molecule has 0 spiro atoms. The summed E-state index contributed by atoms with van der Waals surface area (Å²) >= 11 is 34.8. The van der Waals surface area contributed by atoms with E-state index in [1.54, 1.807) is 30.7 Å². The van der Waals surface area contributed by atoms with E-state index >= 15 is 0 Å². The highest BCUT2D eigenvalue weighted by molar-refractivity contribution is 6.67. The highest BCUT2D eigenvalue weighted by Crippen LogP contribution is 2.39. The van der Waals surface area contributed by atoms with Gasteiger partial charge in [0.1, 0.15) is 6.26 Å². The van der Waals surface area contributed by atoms with Crippen LogP contribution < -0.4 is 5.48 Å². The van der Waals surface area contributed by atoms with Crippen LogP contribution in [0.3, 0.4) is 0 Å². The van der Waals surface area contributed by atoms with Crippen molar-refractivity contribution in [3.05, 3.63) is 78.0 Å². The second kappa shape index (κ2) is 10.5. The van der Waals surface area contributed by atoms with Crippen molar-refractivity contribution >= 4 is 81.8 Å². The molecule has 2 heterocycles. The van der Waals surface area contributed by atoms with Gasteiger partial charge in [0.05, 0.1) is 0 Å². The van der Waals surface area contributed by atoms with E-state index in [4.69, 9.17) is 69.6 Å². The van der Waals surface area contributed by atoms with E-state index in [1.165, 1.54) is 0 Å². The average Bonchev–Trinajstić information content (AvgIpc) is 2.67. The molecule has 1 aliphatic rings. The van der Waals surface area contributed by atoms with Crippen LogP contribution in [-0.2, 0) is 12.4 Å². The Hall–Kier alpha value is -1.21. The molecular weight excluding hydrogens is 489 g/mol. The van der Waals surface area contributed by atoms with Gasteiger partial charge < -0.3 is 4.84 Å². The Bertz CT molecular complexity index is 816. The van der Waals surface area contributed by atoms with Gasteiger partial charge in [-0.15, -0.1) is 0 Å². The number of alkyl halides is 6. The van der Waals surface area contributed by atoms with Crippen LogP contribution in [0.15, 0.2) is 54.9 Å². The van der Waals surface area contributed by atoms with Crippen LogP contribution in [0.4, 0.5) is 0 Å². The summed E-state index contributed by atoms with van der Waals surface area (Å²) in [6.07, 6.45) is 10.3. The number of benzene rings is 1. The lowest BCUT2D eigenvalue weighted by molar-refractivity contribution is 0.172. The first-order chi connectivity index (χ1) is 13.2. The molecule has 0 saturated heterocycles. The van der Waals surface area contributed by atoms with E-state index in [1.807, 2.05) is 36.4 Å². The first kappa shape index (κ1) is 23.1. The molecule has 2 aromatic rings. The normalized spacial score (nSPS) is 13.5. The van der Waals surface area contributed by atoms with Gasteiger partial charge in [-0.3, -0.25) is 0 Å². The molecule has 0 aliphatic carbocycles. The van der Waals surface area contributed by atoms with Gasteiger partial charge in [0, 0.05) is 6.20 Å². The summed E-state index contributed by atoms with van der Waals surface area (Å²) in [6.45, 7) is 0. The molecule has 1 N–H and O–H groups in total. The van der Waals surface area contributed by atoms with E-state index in [0.29, 0.717) is 0 Å². The van der Waals surface area contributed by atoms with Gasteiger partial charge in [-0.1, -0.05) is 106 Å². The maximum absolute atomic E-state index is 5.79. The lowest BCUT2D eigenvalue weighted by Gasteiger charge is -2.14. The minimum absolute atomic E-state index is 0.124. The molecule has 1 aromatic carbocycles. The molecule has 5 nitrogen and oxygen atoms in total. The maximum Gasteiger partial charge on any atom is 0.250 e. The van der Waals surface area contributed by atoms with E-state index < -0.39 is 7.59 Å². The third kappa shape index (κ3) is 8.03. The van der Waals surface area contributed by atoms with E-state index in [0.717, 1.165) is 5.56 Å². The predicted molar refractivity (Wildman–Crippen MR) is 116 cm³/mol. The number of aromatic nitrogens is 3. The SMILES string of the molecule is C1=CNOC=C1.ClC(Cl)(Cl)c1nc(C=Cc2ccccc2)nc(C(Cl)(Cl)Cl)n1.